The molecule has 0 spiro atoms. The van der Waals surface area contributed by atoms with Crippen LogP contribution in [0.1, 0.15) is 5.69 Å². The van der Waals surface area contributed by atoms with Crippen molar-refractivity contribution in [3.8, 4) is 0 Å². The van der Waals surface area contributed by atoms with Crippen molar-refractivity contribution in [2.45, 2.75) is 5.37 Å². The van der Waals surface area contributed by atoms with E-state index in [9.17, 15) is 9.59 Å². The number of carbonyl (C=O) groups excluding carboxylic acids is 1. The van der Waals surface area contributed by atoms with Crippen LogP contribution in [0.5, 0.6) is 0 Å². The second-order valence-electron chi connectivity index (χ2n) is 3.72. The Kier molecular flexibility index (Phi) is 2.41. The van der Waals surface area contributed by atoms with Crippen molar-refractivity contribution in [2.24, 2.45) is 0 Å². The van der Waals surface area contributed by atoms with Crippen LogP contribution in [0.25, 0.3) is 6.08 Å². The highest BCUT2D eigenvalue weighted by molar-refractivity contribution is 8.03. The van der Waals surface area contributed by atoms with E-state index in [-0.39, 0.29) is 17.0 Å². The molecule has 3 heterocycles. The molecule has 1 aromatic rings. The fourth-order valence-corrected chi connectivity index (χ4v) is 2.93. The molecule has 0 radical (unpaired) electrons. The minimum atomic E-state index is -1.09. The van der Waals surface area contributed by atoms with Crippen molar-refractivity contribution in [3.05, 3.63) is 40.7 Å². The molecule has 0 unspecified atom stereocenters. The quantitative estimate of drug-likeness (QED) is 0.623. The molecule has 0 aromatic carbocycles. The lowest BCUT2D eigenvalue weighted by Crippen LogP contribution is -2.51. The molecular weight excluding hydrogens is 254 g/mol. The van der Waals surface area contributed by atoms with Crippen LogP contribution in [0.2, 0.25) is 0 Å². The highest BCUT2D eigenvalue weighted by Gasteiger charge is 2.49. The van der Waals surface area contributed by atoms with E-state index in [4.69, 9.17) is 5.11 Å². The third-order valence-electron chi connectivity index (χ3n) is 2.65. The van der Waals surface area contributed by atoms with Crippen LogP contribution in [0.3, 0.4) is 0 Å². The van der Waals surface area contributed by atoms with Gasteiger partial charge in [-0.25, -0.2) is 4.79 Å². The molecule has 1 atom stereocenters. The van der Waals surface area contributed by atoms with Gasteiger partial charge in [0.1, 0.15) is 11.1 Å². The van der Waals surface area contributed by atoms with Crippen LogP contribution in [0.4, 0.5) is 0 Å². The van der Waals surface area contributed by atoms with Crippen LogP contribution in [-0.2, 0) is 9.59 Å². The Balaban J connectivity index is 1.87. The number of hydrogen-bond acceptors (Lipinski definition) is 5. The second-order valence-corrected chi connectivity index (χ2v) is 4.67. The predicted octanol–water partition coefficient (Wildman–Crippen LogP) is 0.701. The minimum absolute atomic E-state index is 0.0336. The first-order chi connectivity index (χ1) is 8.68. The number of fused-ring (bicyclic) bond motifs is 1. The summed E-state index contributed by atoms with van der Waals surface area (Å²) in [4.78, 5) is 24.0. The van der Waals surface area contributed by atoms with Crippen molar-refractivity contribution < 1.29 is 14.7 Å². The normalized spacial score (nSPS) is 23.7. The molecule has 0 saturated carbocycles. The molecule has 1 fully saturated rings. The lowest BCUT2D eigenvalue weighted by molar-refractivity contribution is -0.141. The molecule has 90 valence electrons. The molecule has 1 saturated heterocycles. The summed E-state index contributed by atoms with van der Waals surface area (Å²) in [5.41, 5.74) is 1.17. The first-order valence-electron chi connectivity index (χ1n) is 5.10. The zero-order valence-electron chi connectivity index (χ0n) is 8.98. The Hall–Kier alpha value is -2.15. The molecule has 3 rings (SSSR count). The van der Waals surface area contributed by atoms with E-state index in [2.05, 4.69) is 10.2 Å². The highest BCUT2D eigenvalue weighted by atomic mass is 32.2. The van der Waals surface area contributed by atoms with Gasteiger partial charge in [0, 0.05) is 11.6 Å². The average molecular weight is 261 g/mol. The van der Waals surface area contributed by atoms with Crippen molar-refractivity contribution in [1.29, 1.82) is 0 Å². The molecule has 1 aromatic heterocycles. The van der Waals surface area contributed by atoms with E-state index in [1.807, 2.05) is 0 Å². The topological polar surface area (TPSA) is 83.4 Å². The van der Waals surface area contributed by atoms with Crippen LogP contribution in [0, 0.1) is 0 Å². The minimum Gasteiger partial charge on any atom is -0.477 e. The zero-order valence-corrected chi connectivity index (χ0v) is 9.79. The number of aromatic nitrogens is 2. The monoisotopic (exact) mass is 261 g/mol. The van der Waals surface area contributed by atoms with Crippen molar-refractivity contribution in [3.63, 3.8) is 0 Å². The van der Waals surface area contributed by atoms with Gasteiger partial charge in [-0.05, 0) is 18.2 Å². The summed E-state index contributed by atoms with van der Waals surface area (Å²) in [6.45, 7) is 0. The van der Waals surface area contributed by atoms with Crippen molar-refractivity contribution in [1.82, 2.24) is 15.1 Å². The summed E-state index contributed by atoms with van der Waals surface area (Å²) in [5, 5.41) is 17.7. The number of hydrogen-bond donors (Lipinski definition) is 1. The fourth-order valence-electron chi connectivity index (χ4n) is 1.82. The lowest BCUT2D eigenvalue weighted by Gasteiger charge is -2.37. The van der Waals surface area contributed by atoms with Crippen molar-refractivity contribution >= 4 is 29.7 Å². The molecule has 2 aliphatic heterocycles. The lowest BCUT2D eigenvalue weighted by atomic mass is 10.0. The molecule has 1 N–H and O–H groups in total. The predicted molar refractivity (Wildman–Crippen MR) is 64.0 cm³/mol. The summed E-state index contributed by atoms with van der Waals surface area (Å²) < 4.78 is 0. The van der Waals surface area contributed by atoms with E-state index in [0.717, 1.165) is 0 Å². The van der Waals surface area contributed by atoms with Crippen LogP contribution in [-0.4, -0.2) is 37.5 Å². The maximum Gasteiger partial charge on any atom is 0.353 e. The van der Waals surface area contributed by atoms with Crippen LogP contribution >= 0.6 is 11.8 Å². The summed E-state index contributed by atoms with van der Waals surface area (Å²) in [6.07, 6.45) is 3.19. The number of nitrogens with zero attached hydrogens (tertiary/aromatic N) is 3. The summed E-state index contributed by atoms with van der Waals surface area (Å²) in [7, 11) is 0. The van der Waals surface area contributed by atoms with E-state index in [1.54, 1.807) is 24.4 Å². The number of amides is 1. The largest absolute Gasteiger partial charge is 0.477 e. The maximum absolute atomic E-state index is 11.9. The number of aliphatic carboxylic acids is 1. The second kappa shape index (κ2) is 3.95. The van der Waals surface area contributed by atoms with E-state index >= 15 is 0 Å². The number of β-lactam (4-membered cyclic amide) rings is 1. The summed E-state index contributed by atoms with van der Waals surface area (Å²) >= 11 is 1.31. The average Bonchev–Trinajstić information content (AvgIpc) is 2.77. The van der Waals surface area contributed by atoms with Gasteiger partial charge in [-0.15, -0.1) is 11.8 Å². The third-order valence-corrected chi connectivity index (χ3v) is 3.73. The summed E-state index contributed by atoms with van der Waals surface area (Å²) in [5.74, 6) is -1.37. The molecule has 1 amide bonds. The van der Waals surface area contributed by atoms with Crippen molar-refractivity contribution in [2.75, 3.05) is 0 Å². The van der Waals surface area contributed by atoms with Gasteiger partial charge in [-0.1, -0.05) is 0 Å². The number of carboxylic acids is 1. The molecule has 18 heavy (non-hydrogen) atoms. The van der Waals surface area contributed by atoms with E-state index in [0.29, 0.717) is 11.3 Å². The molecular formula is C11H7N3O3S. The molecule has 2 aliphatic rings. The van der Waals surface area contributed by atoms with Gasteiger partial charge in [0.15, 0.2) is 0 Å². The standard InChI is InChI=1S/C11H7N3O3S/c15-9-7(4-6-2-1-3-12-13-6)10-14(9)8(5-18-10)11(16)17/h1-5,10H,(H,16,17)/t10-/m1/s1. The zero-order chi connectivity index (χ0) is 12.7. The maximum atomic E-state index is 11.9. The van der Waals surface area contributed by atoms with Crippen LogP contribution < -0.4 is 0 Å². The van der Waals surface area contributed by atoms with E-state index < -0.39 is 5.97 Å². The number of rotatable bonds is 2. The first-order valence-corrected chi connectivity index (χ1v) is 6.04. The molecule has 0 bridgehead atoms. The first kappa shape index (κ1) is 11.0. The van der Waals surface area contributed by atoms with Gasteiger partial charge >= 0.3 is 5.97 Å². The number of carboxylic acid groups (broad SMARTS) is 1. The SMILES string of the molecule is O=C(O)C1=CS[C@@H]2C(=Cc3cccnn3)C(=O)N12. The van der Waals surface area contributed by atoms with Gasteiger partial charge < -0.3 is 5.11 Å². The number of thioether (sulfide) groups is 1. The highest BCUT2D eigenvalue weighted by Crippen LogP contribution is 2.44. The molecule has 0 aliphatic carbocycles. The Bertz CT molecular complexity index is 597. The van der Waals surface area contributed by atoms with Crippen LogP contribution in [0.15, 0.2) is 35.0 Å². The molecule has 7 heteroatoms. The van der Waals surface area contributed by atoms with E-state index in [1.165, 1.54) is 22.1 Å². The Morgan fingerprint density at radius 1 is 1.56 bits per heavy atom. The van der Waals surface area contributed by atoms with Gasteiger partial charge in [0.25, 0.3) is 5.91 Å². The van der Waals surface area contributed by atoms with Gasteiger partial charge in [-0.2, -0.15) is 10.2 Å². The van der Waals surface area contributed by atoms with Gasteiger partial charge in [0.05, 0.1) is 11.3 Å². The Morgan fingerprint density at radius 3 is 3.06 bits per heavy atom. The van der Waals surface area contributed by atoms with Gasteiger partial charge in [0.2, 0.25) is 0 Å². The fraction of sp³-hybridized carbons (Fsp3) is 0.0909. The Labute approximate surface area is 106 Å². The van der Waals surface area contributed by atoms with Gasteiger partial charge in [-0.3, -0.25) is 9.69 Å². The Morgan fingerprint density at radius 2 is 2.39 bits per heavy atom. The summed E-state index contributed by atoms with van der Waals surface area (Å²) in [6, 6.07) is 3.46. The molecule has 6 nitrogen and oxygen atoms in total. The smallest absolute Gasteiger partial charge is 0.353 e. The number of carbonyl (C=O) groups is 2. The third kappa shape index (κ3) is 1.52.